The molecule has 0 aromatic rings. The molecule has 2 N–H and O–H groups in total. The molecule has 1 aliphatic carbocycles. The number of carbonyl (C=O) groups is 3. The largest absolute Gasteiger partial charge is 0.481 e. The summed E-state index contributed by atoms with van der Waals surface area (Å²) in [6.45, 7) is 4.63. The number of esters is 1. The number of hydrogen-bond donors (Lipinski definition) is 2. The number of carboxylic acid groups (broad SMARTS) is 2. The van der Waals surface area contributed by atoms with Gasteiger partial charge in [-0.15, -0.1) is 0 Å². The topological polar surface area (TPSA) is 101 Å². The molecule has 150 valence electrons. The molecule has 0 heterocycles. The summed E-state index contributed by atoms with van der Waals surface area (Å²) in [5.74, 6) is -0.322. The summed E-state index contributed by atoms with van der Waals surface area (Å²) in [6.07, 6.45) is 6.30. The Kier molecular flexibility index (Phi) is 10.3. The van der Waals surface area contributed by atoms with Gasteiger partial charge < -0.3 is 14.9 Å². The van der Waals surface area contributed by atoms with Crippen LogP contribution >= 0.6 is 0 Å². The van der Waals surface area contributed by atoms with Crippen LogP contribution in [0.25, 0.3) is 0 Å². The molecule has 1 fully saturated rings. The number of hydrogen-bond acceptors (Lipinski definition) is 4. The standard InChI is InChI=1S/C20H34O6/c1-14(2)11-12-26-20(25)10-7-16-5-3-15(4-8-18(21)22)13-17(16)6-9-19(23)24/h14-17H,3-13H2,1-2H3,(H,21,22)(H,23,24). The van der Waals surface area contributed by atoms with E-state index in [1.807, 2.05) is 0 Å². The zero-order valence-corrected chi connectivity index (χ0v) is 16.1. The lowest BCUT2D eigenvalue weighted by atomic mass is 9.69. The molecule has 0 aromatic heterocycles. The Bertz CT molecular complexity index is 459. The maximum Gasteiger partial charge on any atom is 0.305 e. The molecule has 3 unspecified atom stereocenters. The van der Waals surface area contributed by atoms with Crippen LogP contribution in [0.3, 0.4) is 0 Å². The molecule has 1 aliphatic rings. The number of rotatable bonds is 12. The molecular weight excluding hydrogens is 336 g/mol. The quantitative estimate of drug-likeness (QED) is 0.501. The van der Waals surface area contributed by atoms with Gasteiger partial charge in [0.15, 0.2) is 0 Å². The number of ether oxygens (including phenoxy) is 1. The molecule has 6 heteroatoms. The molecule has 6 nitrogen and oxygen atoms in total. The highest BCUT2D eigenvalue weighted by molar-refractivity contribution is 5.69. The second kappa shape index (κ2) is 11.9. The van der Waals surface area contributed by atoms with Gasteiger partial charge in [0.2, 0.25) is 0 Å². The molecule has 0 saturated heterocycles. The molecule has 0 aromatic carbocycles. The van der Waals surface area contributed by atoms with E-state index in [0.29, 0.717) is 43.6 Å². The van der Waals surface area contributed by atoms with Crippen molar-refractivity contribution >= 4 is 17.9 Å². The van der Waals surface area contributed by atoms with E-state index < -0.39 is 11.9 Å². The van der Waals surface area contributed by atoms with Crippen molar-refractivity contribution in [3.63, 3.8) is 0 Å². The first-order valence-corrected chi connectivity index (χ1v) is 9.87. The average molecular weight is 370 g/mol. The average Bonchev–Trinajstić information content (AvgIpc) is 2.56. The Morgan fingerprint density at radius 3 is 2.15 bits per heavy atom. The smallest absolute Gasteiger partial charge is 0.305 e. The van der Waals surface area contributed by atoms with Crippen LogP contribution in [0, 0.1) is 23.7 Å². The Balaban J connectivity index is 2.46. The predicted octanol–water partition coefficient (Wildman–Crippen LogP) is 4.12. The van der Waals surface area contributed by atoms with E-state index in [2.05, 4.69) is 13.8 Å². The maximum atomic E-state index is 11.9. The van der Waals surface area contributed by atoms with Gasteiger partial charge in [0.25, 0.3) is 0 Å². The van der Waals surface area contributed by atoms with Crippen LogP contribution in [0.4, 0.5) is 0 Å². The van der Waals surface area contributed by atoms with Crippen molar-refractivity contribution in [3.05, 3.63) is 0 Å². The van der Waals surface area contributed by atoms with Crippen LogP contribution in [-0.4, -0.2) is 34.7 Å². The number of carboxylic acids is 2. The van der Waals surface area contributed by atoms with Gasteiger partial charge in [0.1, 0.15) is 0 Å². The van der Waals surface area contributed by atoms with Crippen LogP contribution in [0.5, 0.6) is 0 Å². The minimum atomic E-state index is -0.801. The fraction of sp³-hybridized carbons (Fsp3) is 0.850. The third-order valence-electron chi connectivity index (χ3n) is 5.42. The van der Waals surface area contributed by atoms with Gasteiger partial charge in [-0.1, -0.05) is 20.3 Å². The van der Waals surface area contributed by atoms with Crippen molar-refractivity contribution in [2.24, 2.45) is 23.7 Å². The second-order valence-electron chi connectivity index (χ2n) is 8.01. The van der Waals surface area contributed by atoms with Gasteiger partial charge >= 0.3 is 17.9 Å². The first-order chi connectivity index (χ1) is 12.3. The van der Waals surface area contributed by atoms with E-state index in [4.69, 9.17) is 14.9 Å². The van der Waals surface area contributed by atoms with E-state index >= 15 is 0 Å². The van der Waals surface area contributed by atoms with Crippen LogP contribution in [0.2, 0.25) is 0 Å². The van der Waals surface area contributed by atoms with E-state index in [-0.39, 0.29) is 24.7 Å². The summed E-state index contributed by atoms with van der Waals surface area (Å²) in [5.41, 5.74) is 0. The highest BCUT2D eigenvalue weighted by Gasteiger charge is 2.31. The monoisotopic (exact) mass is 370 g/mol. The lowest BCUT2D eigenvalue weighted by Gasteiger charge is -2.36. The summed E-state index contributed by atoms with van der Waals surface area (Å²) in [5, 5.41) is 17.8. The molecule has 0 amide bonds. The van der Waals surface area contributed by atoms with Gasteiger partial charge in [-0.2, -0.15) is 0 Å². The lowest BCUT2D eigenvalue weighted by molar-refractivity contribution is -0.145. The molecule has 0 radical (unpaired) electrons. The minimum Gasteiger partial charge on any atom is -0.481 e. The summed E-state index contributed by atoms with van der Waals surface area (Å²) >= 11 is 0. The lowest BCUT2D eigenvalue weighted by Crippen LogP contribution is -2.27. The molecule has 1 rings (SSSR count). The first-order valence-electron chi connectivity index (χ1n) is 9.87. The van der Waals surface area contributed by atoms with Crippen LogP contribution in [0.15, 0.2) is 0 Å². The Labute approximate surface area is 156 Å². The number of aliphatic carboxylic acids is 2. The van der Waals surface area contributed by atoms with E-state index in [9.17, 15) is 14.4 Å². The molecule has 3 atom stereocenters. The molecule has 0 aliphatic heterocycles. The van der Waals surface area contributed by atoms with Crippen molar-refractivity contribution in [2.75, 3.05) is 6.61 Å². The Hall–Kier alpha value is -1.59. The molecule has 26 heavy (non-hydrogen) atoms. The SMILES string of the molecule is CC(C)CCOC(=O)CCC1CCC(CCC(=O)O)CC1CCC(=O)O. The van der Waals surface area contributed by atoms with Crippen molar-refractivity contribution in [2.45, 2.75) is 78.1 Å². The van der Waals surface area contributed by atoms with Crippen LogP contribution < -0.4 is 0 Å². The van der Waals surface area contributed by atoms with Gasteiger partial charge in [0.05, 0.1) is 6.61 Å². The van der Waals surface area contributed by atoms with Crippen LogP contribution in [0.1, 0.15) is 78.1 Å². The first kappa shape index (κ1) is 22.5. The summed E-state index contributed by atoms with van der Waals surface area (Å²) < 4.78 is 5.27. The predicted molar refractivity (Wildman–Crippen MR) is 97.7 cm³/mol. The van der Waals surface area contributed by atoms with E-state index in [1.165, 1.54) is 0 Å². The summed E-state index contributed by atoms with van der Waals surface area (Å²) in [6, 6.07) is 0. The van der Waals surface area contributed by atoms with Gasteiger partial charge in [0, 0.05) is 19.3 Å². The second-order valence-corrected chi connectivity index (χ2v) is 8.01. The minimum absolute atomic E-state index is 0.131. The normalized spacial score (nSPS) is 23.0. The van der Waals surface area contributed by atoms with Crippen molar-refractivity contribution in [3.8, 4) is 0 Å². The molecular formula is C20H34O6. The highest BCUT2D eigenvalue weighted by atomic mass is 16.5. The molecule has 1 saturated carbocycles. The Morgan fingerprint density at radius 1 is 0.923 bits per heavy atom. The fourth-order valence-corrected chi connectivity index (χ4v) is 3.84. The number of carbonyl (C=O) groups excluding carboxylic acids is 1. The third-order valence-corrected chi connectivity index (χ3v) is 5.42. The highest BCUT2D eigenvalue weighted by Crippen LogP contribution is 2.40. The summed E-state index contributed by atoms with van der Waals surface area (Å²) in [7, 11) is 0. The van der Waals surface area contributed by atoms with E-state index in [0.717, 1.165) is 32.1 Å². The Morgan fingerprint density at radius 2 is 1.54 bits per heavy atom. The van der Waals surface area contributed by atoms with Crippen LogP contribution in [-0.2, 0) is 19.1 Å². The van der Waals surface area contributed by atoms with Crippen molar-refractivity contribution in [1.82, 2.24) is 0 Å². The van der Waals surface area contributed by atoms with Gasteiger partial charge in [-0.25, -0.2) is 0 Å². The van der Waals surface area contributed by atoms with Crippen molar-refractivity contribution < 1.29 is 29.3 Å². The maximum absolute atomic E-state index is 11.9. The van der Waals surface area contributed by atoms with Crippen molar-refractivity contribution in [1.29, 1.82) is 0 Å². The molecule has 0 spiro atoms. The zero-order chi connectivity index (χ0) is 19.5. The van der Waals surface area contributed by atoms with Gasteiger partial charge in [-0.05, 0) is 62.2 Å². The zero-order valence-electron chi connectivity index (χ0n) is 16.1. The third kappa shape index (κ3) is 9.78. The fourth-order valence-electron chi connectivity index (χ4n) is 3.84. The molecule has 0 bridgehead atoms. The van der Waals surface area contributed by atoms with E-state index in [1.54, 1.807) is 0 Å². The van der Waals surface area contributed by atoms with Gasteiger partial charge in [-0.3, -0.25) is 14.4 Å². The summed E-state index contributed by atoms with van der Waals surface area (Å²) in [4.78, 5) is 33.6.